The lowest BCUT2D eigenvalue weighted by Gasteiger charge is -2.24. The van der Waals surface area contributed by atoms with Gasteiger partial charge in [-0.1, -0.05) is 59.6 Å². The molecule has 3 aromatic rings. The smallest absolute Gasteiger partial charge is 0.245 e. The molecule has 3 aromatic carbocycles. The maximum atomic E-state index is 13.5. The summed E-state index contributed by atoms with van der Waals surface area (Å²) in [6, 6.07) is 18.6. The van der Waals surface area contributed by atoms with Crippen LogP contribution < -0.4 is 14.8 Å². The fourth-order valence-electron chi connectivity index (χ4n) is 3.65. The van der Waals surface area contributed by atoms with Gasteiger partial charge in [0.2, 0.25) is 15.9 Å². The average molecular weight is 551 g/mol. The number of nitrogens with one attached hydrogen (secondary N) is 1. The van der Waals surface area contributed by atoms with Crippen molar-refractivity contribution in [3.8, 4) is 11.5 Å². The molecule has 10 heteroatoms. The van der Waals surface area contributed by atoms with Crippen LogP contribution in [0.25, 0.3) is 0 Å². The summed E-state index contributed by atoms with van der Waals surface area (Å²) in [7, 11) is -1.05. The number of ether oxygens (including phenoxy) is 2. The van der Waals surface area contributed by atoms with Crippen LogP contribution >= 0.6 is 23.2 Å². The van der Waals surface area contributed by atoms with Gasteiger partial charge in [-0.2, -0.15) is 4.31 Å². The summed E-state index contributed by atoms with van der Waals surface area (Å²) in [6.07, 6.45) is 0.413. The van der Waals surface area contributed by atoms with E-state index in [9.17, 15) is 13.2 Å². The minimum Gasteiger partial charge on any atom is -0.493 e. The molecule has 0 saturated carbocycles. The second kappa shape index (κ2) is 12.5. The third-order valence-electron chi connectivity index (χ3n) is 5.61. The summed E-state index contributed by atoms with van der Waals surface area (Å²) >= 11 is 12.3. The number of nitrogens with zero attached hydrogens (tertiary/aromatic N) is 1. The summed E-state index contributed by atoms with van der Waals surface area (Å²) in [6.45, 7) is 1.48. The summed E-state index contributed by atoms with van der Waals surface area (Å²) in [5, 5.41) is 3.12. The Morgan fingerprint density at radius 3 is 2.33 bits per heavy atom. The Morgan fingerprint density at radius 2 is 1.67 bits per heavy atom. The Kier molecular flexibility index (Phi) is 9.62. The van der Waals surface area contributed by atoms with Gasteiger partial charge in [0, 0.05) is 11.6 Å². The second-order valence-electron chi connectivity index (χ2n) is 8.05. The molecule has 7 nitrogen and oxygen atoms in total. The van der Waals surface area contributed by atoms with Crippen LogP contribution in [-0.2, 0) is 21.2 Å². The summed E-state index contributed by atoms with van der Waals surface area (Å²) in [5.74, 6) is 0.627. The van der Waals surface area contributed by atoms with Gasteiger partial charge in [-0.25, -0.2) is 8.42 Å². The fourth-order valence-corrected chi connectivity index (χ4v) is 5.78. The molecule has 3 rings (SSSR count). The van der Waals surface area contributed by atoms with E-state index < -0.39 is 28.5 Å². The summed E-state index contributed by atoms with van der Waals surface area (Å²) in [5.41, 5.74) is 1.71. The number of hydrogen-bond donors (Lipinski definition) is 1. The Balaban J connectivity index is 1.82. The lowest BCUT2D eigenvalue weighted by molar-refractivity contribution is -0.121. The van der Waals surface area contributed by atoms with E-state index >= 15 is 0 Å². The van der Waals surface area contributed by atoms with Crippen molar-refractivity contribution >= 4 is 39.1 Å². The molecule has 36 heavy (non-hydrogen) atoms. The molecule has 0 spiro atoms. The molecule has 0 aliphatic heterocycles. The molecule has 0 heterocycles. The van der Waals surface area contributed by atoms with Gasteiger partial charge >= 0.3 is 0 Å². The first kappa shape index (κ1) is 27.8. The van der Waals surface area contributed by atoms with E-state index in [0.29, 0.717) is 17.9 Å². The van der Waals surface area contributed by atoms with Crippen LogP contribution in [0.3, 0.4) is 0 Å². The van der Waals surface area contributed by atoms with Gasteiger partial charge in [0.25, 0.3) is 0 Å². The van der Waals surface area contributed by atoms with Gasteiger partial charge in [-0.3, -0.25) is 4.79 Å². The van der Waals surface area contributed by atoms with Crippen LogP contribution in [0.15, 0.2) is 71.6 Å². The SMILES string of the molecule is COc1ccc([C@@H](C)NC(=O)CN(CCc2ccccc2)S(=O)(=O)c2cc(Cl)ccc2Cl)cc1OC. The Bertz CT molecular complexity index is 1300. The van der Waals surface area contributed by atoms with Gasteiger partial charge in [-0.15, -0.1) is 0 Å². The summed E-state index contributed by atoms with van der Waals surface area (Å²) in [4.78, 5) is 12.9. The lowest BCUT2D eigenvalue weighted by atomic mass is 10.1. The normalized spacial score (nSPS) is 12.3. The molecule has 0 aromatic heterocycles. The molecule has 1 atom stereocenters. The van der Waals surface area contributed by atoms with Gasteiger partial charge in [-0.05, 0) is 54.8 Å². The molecular weight excluding hydrogens is 523 g/mol. The number of halogens is 2. The molecule has 0 saturated heterocycles. The number of carbonyl (C=O) groups is 1. The Morgan fingerprint density at radius 1 is 0.972 bits per heavy atom. The zero-order valence-corrected chi connectivity index (χ0v) is 22.5. The van der Waals surface area contributed by atoms with Crippen molar-refractivity contribution in [3.05, 3.63) is 87.9 Å². The van der Waals surface area contributed by atoms with Crippen LogP contribution in [0.2, 0.25) is 10.0 Å². The van der Waals surface area contributed by atoms with Crippen LogP contribution in [-0.4, -0.2) is 45.9 Å². The molecule has 0 bridgehead atoms. The van der Waals surface area contributed by atoms with Crippen LogP contribution in [0.4, 0.5) is 0 Å². The van der Waals surface area contributed by atoms with E-state index in [0.717, 1.165) is 15.4 Å². The third kappa shape index (κ3) is 6.91. The molecule has 0 unspecified atom stereocenters. The monoisotopic (exact) mass is 550 g/mol. The van der Waals surface area contributed by atoms with Crippen LogP contribution in [0.5, 0.6) is 11.5 Å². The summed E-state index contributed by atoms with van der Waals surface area (Å²) < 4.78 is 38.8. The highest BCUT2D eigenvalue weighted by Crippen LogP contribution is 2.30. The zero-order valence-electron chi connectivity index (χ0n) is 20.2. The van der Waals surface area contributed by atoms with E-state index in [1.165, 1.54) is 25.3 Å². The first-order chi connectivity index (χ1) is 17.1. The van der Waals surface area contributed by atoms with Crippen molar-refractivity contribution in [2.45, 2.75) is 24.3 Å². The molecule has 1 amide bonds. The Hall–Kier alpha value is -2.78. The van der Waals surface area contributed by atoms with Gasteiger partial charge in [0.15, 0.2) is 11.5 Å². The van der Waals surface area contributed by atoms with E-state index in [4.69, 9.17) is 32.7 Å². The zero-order chi connectivity index (χ0) is 26.3. The lowest BCUT2D eigenvalue weighted by Crippen LogP contribution is -2.42. The number of rotatable bonds is 11. The van der Waals surface area contributed by atoms with E-state index in [1.807, 2.05) is 36.4 Å². The predicted octanol–water partition coefficient (Wildman–Crippen LogP) is 5.12. The van der Waals surface area contributed by atoms with Crippen LogP contribution in [0.1, 0.15) is 24.1 Å². The van der Waals surface area contributed by atoms with Gasteiger partial charge < -0.3 is 14.8 Å². The van der Waals surface area contributed by atoms with Gasteiger partial charge in [0.1, 0.15) is 4.90 Å². The maximum Gasteiger partial charge on any atom is 0.245 e. The molecule has 0 radical (unpaired) electrons. The average Bonchev–Trinajstić information content (AvgIpc) is 2.87. The first-order valence-corrected chi connectivity index (χ1v) is 13.4. The number of amides is 1. The largest absolute Gasteiger partial charge is 0.493 e. The number of sulfonamides is 1. The highest BCUT2D eigenvalue weighted by atomic mass is 35.5. The number of methoxy groups -OCH3 is 2. The maximum absolute atomic E-state index is 13.5. The third-order valence-corrected chi connectivity index (χ3v) is 8.17. The minimum atomic E-state index is -4.12. The molecular formula is C26H28Cl2N2O5S. The van der Waals surface area contributed by atoms with E-state index in [1.54, 1.807) is 26.2 Å². The number of hydrogen-bond acceptors (Lipinski definition) is 5. The molecule has 0 aliphatic rings. The van der Waals surface area contributed by atoms with E-state index in [2.05, 4.69) is 5.32 Å². The van der Waals surface area contributed by atoms with Crippen molar-refractivity contribution in [2.75, 3.05) is 27.3 Å². The fraction of sp³-hybridized carbons (Fsp3) is 0.269. The number of carbonyl (C=O) groups excluding carboxylic acids is 1. The van der Waals surface area contributed by atoms with E-state index in [-0.39, 0.29) is 21.5 Å². The first-order valence-electron chi connectivity index (χ1n) is 11.2. The van der Waals surface area contributed by atoms with Crippen molar-refractivity contribution in [3.63, 3.8) is 0 Å². The highest BCUT2D eigenvalue weighted by Gasteiger charge is 2.29. The van der Waals surface area contributed by atoms with Gasteiger partial charge in [0.05, 0.1) is 31.8 Å². The highest BCUT2D eigenvalue weighted by molar-refractivity contribution is 7.89. The minimum absolute atomic E-state index is 0.0308. The van der Waals surface area contributed by atoms with Crippen molar-refractivity contribution in [1.29, 1.82) is 0 Å². The van der Waals surface area contributed by atoms with Crippen molar-refractivity contribution < 1.29 is 22.7 Å². The molecule has 0 fully saturated rings. The molecule has 0 aliphatic carbocycles. The quantitative estimate of drug-likeness (QED) is 0.358. The van der Waals surface area contributed by atoms with Crippen molar-refractivity contribution in [2.24, 2.45) is 0 Å². The molecule has 1 N–H and O–H groups in total. The Labute approximate surface area is 222 Å². The second-order valence-corrected chi connectivity index (χ2v) is 10.8. The number of benzene rings is 3. The van der Waals surface area contributed by atoms with Crippen LogP contribution in [0, 0.1) is 0 Å². The topological polar surface area (TPSA) is 84.9 Å². The predicted molar refractivity (Wildman–Crippen MR) is 141 cm³/mol. The standard InChI is InChI=1S/C26H28Cl2N2O5S/c1-18(20-9-12-23(34-2)24(15-20)35-3)29-26(31)17-30(14-13-19-7-5-4-6-8-19)36(32,33)25-16-21(27)10-11-22(25)28/h4-12,15-16,18H,13-14,17H2,1-3H3,(H,29,31)/t18-/m1/s1. The van der Waals surface area contributed by atoms with Crippen molar-refractivity contribution in [1.82, 2.24) is 9.62 Å². The molecule has 192 valence electrons.